The Labute approximate surface area is 134 Å². The lowest BCUT2D eigenvalue weighted by molar-refractivity contribution is 0.0635. The molecule has 0 spiro atoms. The molecule has 0 saturated heterocycles. The molecule has 2 amide bonds. The number of furan rings is 1. The van der Waals surface area contributed by atoms with Crippen molar-refractivity contribution < 1.29 is 18.7 Å². The molecule has 0 unspecified atom stereocenters. The molecule has 7 nitrogen and oxygen atoms in total. The Balaban J connectivity index is 1.96. The summed E-state index contributed by atoms with van der Waals surface area (Å²) in [7, 11) is 0. The fourth-order valence-corrected chi connectivity index (χ4v) is 1.74. The van der Waals surface area contributed by atoms with Crippen LogP contribution in [0.1, 0.15) is 36.9 Å². The monoisotopic (exact) mass is 317 g/mol. The molecule has 2 aromatic heterocycles. The molecular formula is C16H19N3O4. The number of hydrogen-bond acceptors (Lipinski definition) is 5. The molecule has 0 saturated carbocycles. The van der Waals surface area contributed by atoms with E-state index in [1.807, 2.05) is 0 Å². The van der Waals surface area contributed by atoms with E-state index in [4.69, 9.17) is 9.15 Å². The summed E-state index contributed by atoms with van der Waals surface area (Å²) in [6.45, 7) is 7.10. The highest BCUT2D eigenvalue weighted by Gasteiger charge is 2.17. The lowest BCUT2D eigenvalue weighted by atomic mass is 10.2. The molecule has 0 fully saturated rings. The van der Waals surface area contributed by atoms with E-state index in [1.54, 1.807) is 45.9 Å². The van der Waals surface area contributed by atoms with Crippen molar-refractivity contribution >= 4 is 23.5 Å². The first-order chi connectivity index (χ1) is 10.7. The van der Waals surface area contributed by atoms with Crippen LogP contribution in [0.25, 0.3) is 0 Å². The van der Waals surface area contributed by atoms with E-state index in [1.165, 1.54) is 12.5 Å². The van der Waals surface area contributed by atoms with Gasteiger partial charge in [-0.15, -0.1) is 0 Å². The minimum Gasteiger partial charge on any atom is -0.459 e. The second-order valence-corrected chi connectivity index (χ2v) is 5.95. The topological polar surface area (TPSA) is 93.5 Å². The SMILES string of the molecule is Cc1ccoc1C(=O)Nc1ccc(NC(=O)OC(C)(C)C)nc1. The van der Waals surface area contributed by atoms with Crippen LogP contribution in [-0.2, 0) is 4.74 Å². The zero-order valence-electron chi connectivity index (χ0n) is 13.5. The highest BCUT2D eigenvalue weighted by atomic mass is 16.6. The minimum atomic E-state index is -0.590. The highest BCUT2D eigenvalue weighted by molar-refractivity contribution is 6.03. The summed E-state index contributed by atoms with van der Waals surface area (Å²) in [4.78, 5) is 27.7. The van der Waals surface area contributed by atoms with Crippen molar-refractivity contribution in [1.82, 2.24) is 4.98 Å². The van der Waals surface area contributed by atoms with Crippen LogP contribution in [0, 0.1) is 6.92 Å². The summed E-state index contributed by atoms with van der Waals surface area (Å²) >= 11 is 0. The molecule has 23 heavy (non-hydrogen) atoms. The van der Waals surface area contributed by atoms with E-state index >= 15 is 0 Å². The lowest BCUT2D eigenvalue weighted by Crippen LogP contribution is -2.27. The number of aromatic nitrogens is 1. The maximum absolute atomic E-state index is 12.0. The van der Waals surface area contributed by atoms with Gasteiger partial charge >= 0.3 is 6.09 Å². The predicted octanol–water partition coefficient (Wildman–Crippen LogP) is 3.58. The Morgan fingerprint density at radius 3 is 2.43 bits per heavy atom. The number of pyridine rings is 1. The predicted molar refractivity (Wildman–Crippen MR) is 85.5 cm³/mol. The Morgan fingerprint density at radius 1 is 1.17 bits per heavy atom. The van der Waals surface area contributed by atoms with E-state index in [2.05, 4.69) is 15.6 Å². The van der Waals surface area contributed by atoms with Gasteiger partial charge in [-0.1, -0.05) is 0 Å². The van der Waals surface area contributed by atoms with E-state index in [0.717, 1.165) is 5.56 Å². The van der Waals surface area contributed by atoms with Crippen LogP contribution in [0.2, 0.25) is 0 Å². The fraction of sp³-hybridized carbons (Fsp3) is 0.312. The molecule has 2 rings (SSSR count). The van der Waals surface area contributed by atoms with E-state index < -0.39 is 11.7 Å². The number of amides is 2. The maximum atomic E-state index is 12.0. The van der Waals surface area contributed by atoms with Gasteiger partial charge in [-0.25, -0.2) is 9.78 Å². The Morgan fingerprint density at radius 2 is 1.91 bits per heavy atom. The third-order valence-electron chi connectivity index (χ3n) is 2.72. The van der Waals surface area contributed by atoms with Gasteiger partial charge in [0, 0.05) is 5.56 Å². The number of carbonyl (C=O) groups is 2. The molecule has 2 heterocycles. The number of carbonyl (C=O) groups excluding carboxylic acids is 2. The zero-order chi connectivity index (χ0) is 17.0. The smallest absolute Gasteiger partial charge is 0.413 e. The first-order valence-electron chi connectivity index (χ1n) is 7.06. The summed E-state index contributed by atoms with van der Waals surface area (Å²) in [5.74, 6) is 0.217. The number of aryl methyl sites for hydroxylation is 1. The van der Waals surface area contributed by atoms with Crippen LogP contribution in [0.5, 0.6) is 0 Å². The van der Waals surface area contributed by atoms with Gasteiger partial charge < -0.3 is 14.5 Å². The first kappa shape index (κ1) is 16.5. The van der Waals surface area contributed by atoms with Crippen molar-refractivity contribution in [3.63, 3.8) is 0 Å². The Bertz CT molecular complexity index is 699. The summed E-state index contributed by atoms with van der Waals surface area (Å²) in [6.07, 6.45) is 2.30. The molecule has 0 bridgehead atoms. The number of hydrogen-bond donors (Lipinski definition) is 2. The fourth-order valence-electron chi connectivity index (χ4n) is 1.74. The van der Waals surface area contributed by atoms with Crippen LogP contribution >= 0.6 is 0 Å². The van der Waals surface area contributed by atoms with Crippen LogP contribution in [0.4, 0.5) is 16.3 Å². The molecule has 0 aliphatic heterocycles. The number of nitrogens with zero attached hydrogens (tertiary/aromatic N) is 1. The second-order valence-electron chi connectivity index (χ2n) is 5.95. The minimum absolute atomic E-state index is 0.251. The molecular weight excluding hydrogens is 298 g/mol. The van der Waals surface area contributed by atoms with Crippen molar-refractivity contribution in [1.29, 1.82) is 0 Å². The van der Waals surface area contributed by atoms with Gasteiger partial charge in [0.25, 0.3) is 5.91 Å². The summed E-state index contributed by atoms with van der Waals surface area (Å²) in [6, 6.07) is 4.89. The van der Waals surface area contributed by atoms with Gasteiger partial charge in [0.05, 0.1) is 18.1 Å². The van der Waals surface area contributed by atoms with E-state index in [-0.39, 0.29) is 11.7 Å². The van der Waals surface area contributed by atoms with Crippen LogP contribution < -0.4 is 10.6 Å². The third kappa shape index (κ3) is 4.84. The number of rotatable bonds is 3. The summed E-state index contributed by atoms with van der Waals surface area (Å²) < 4.78 is 10.2. The van der Waals surface area contributed by atoms with Gasteiger partial charge in [-0.2, -0.15) is 0 Å². The molecule has 0 aromatic carbocycles. The lowest BCUT2D eigenvalue weighted by Gasteiger charge is -2.19. The largest absolute Gasteiger partial charge is 0.459 e. The molecule has 0 aliphatic carbocycles. The number of nitrogens with one attached hydrogen (secondary N) is 2. The van der Waals surface area contributed by atoms with Crippen LogP contribution in [0.15, 0.2) is 35.1 Å². The standard InChI is InChI=1S/C16H19N3O4/c1-10-7-8-22-13(10)14(20)18-11-5-6-12(17-9-11)19-15(21)23-16(2,3)4/h5-9H,1-4H3,(H,18,20)(H,17,19,21). The van der Waals surface area contributed by atoms with Crippen molar-refractivity contribution in [3.8, 4) is 0 Å². The average Bonchev–Trinajstić information content (AvgIpc) is 2.85. The molecule has 0 aliphatic rings. The van der Waals surface area contributed by atoms with Crippen molar-refractivity contribution in [2.45, 2.75) is 33.3 Å². The first-order valence-corrected chi connectivity index (χ1v) is 7.06. The van der Waals surface area contributed by atoms with Crippen LogP contribution in [-0.4, -0.2) is 22.6 Å². The van der Waals surface area contributed by atoms with Crippen LogP contribution in [0.3, 0.4) is 0 Å². The molecule has 7 heteroatoms. The Kier molecular flexibility index (Phi) is 4.68. The molecule has 0 atom stereocenters. The van der Waals surface area contributed by atoms with Crippen molar-refractivity contribution in [2.24, 2.45) is 0 Å². The van der Waals surface area contributed by atoms with Gasteiger partial charge in [-0.05, 0) is 45.9 Å². The number of anilines is 2. The van der Waals surface area contributed by atoms with E-state index in [0.29, 0.717) is 11.5 Å². The zero-order valence-corrected chi connectivity index (χ0v) is 13.5. The maximum Gasteiger partial charge on any atom is 0.413 e. The second kappa shape index (κ2) is 6.51. The quantitative estimate of drug-likeness (QED) is 0.902. The summed E-state index contributed by atoms with van der Waals surface area (Å²) in [5.41, 5.74) is 0.651. The average molecular weight is 317 g/mol. The summed E-state index contributed by atoms with van der Waals surface area (Å²) in [5, 5.41) is 5.18. The normalized spacial score (nSPS) is 11.0. The van der Waals surface area contributed by atoms with Gasteiger partial charge in [0.15, 0.2) is 5.76 Å². The van der Waals surface area contributed by atoms with Gasteiger partial charge in [0.2, 0.25) is 0 Å². The molecule has 122 valence electrons. The third-order valence-corrected chi connectivity index (χ3v) is 2.72. The highest BCUT2D eigenvalue weighted by Crippen LogP contribution is 2.15. The number of ether oxygens (including phenoxy) is 1. The molecule has 2 aromatic rings. The van der Waals surface area contributed by atoms with E-state index in [9.17, 15) is 9.59 Å². The molecule has 0 radical (unpaired) electrons. The van der Waals surface area contributed by atoms with Gasteiger partial charge in [-0.3, -0.25) is 10.1 Å². The van der Waals surface area contributed by atoms with Crippen molar-refractivity contribution in [3.05, 3.63) is 42.0 Å². The molecule has 2 N–H and O–H groups in total. The van der Waals surface area contributed by atoms with Gasteiger partial charge in [0.1, 0.15) is 11.4 Å². The van der Waals surface area contributed by atoms with Crippen molar-refractivity contribution in [2.75, 3.05) is 10.6 Å². The Hall–Kier alpha value is -2.83.